The van der Waals surface area contributed by atoms with E-state index in [9.17, 15) is 4.79 Å². The molecule has 0 radical (unpaired) electrons. The summed E-state index contributed by atoms with van der Waals surface area (Å²) in [6, 6.07) is 10.4. The molecular formula is C17H24OSi. The first-order valence-electron chi connectivity index (χ1n) is 7.73. The molecule has 19 heavy (non-hydrogen) atoms. The van der Waals surface area contributed by atoms with E-state index in [0.29, 0.717) is 12.3 Å². The zero-order chi connectivity index (χ0) is 14.6. The van der Waals surface area contributed by atoms with E-state index in [-0.39, 0.29) is 6.02 Å². The van der Waals surface area contributed by atoms with Crippen LogP contribution in [0.3, 0.4) is 0 Å². The van der Waals surface area contributed by atoms with Gasteiger partial charge in [-0.2, -0.15) is 0 Å². The van der Waals surface area contributed by atoms with Gasteiger partial charge in [-0.1, -0.05) is 60.3 Å². The Morgan fingerprint density at radius 1 is 1.37 bits per heavy atom. The average molecular weight is 273 g/mol. The maximum Gasteiger partial charge on any atom is 0.120 e. The first-order chi connectivity index (χ1) is 9.55. The van der Waals surface area contributed by atoms with Gasteiger partial charge < -0.3 is 4.79 Å². The molecule has 1 aromatic rings. The molecule has 2 heteroatoms. The summed E-state index contributed by atoms with van der Waals surface area (Å²) in [5, 5.41) is 1.35. The zero-order valence-electron chi connectivity index (χ0n) is 12.9. The van der Waals surface area contributed by atoms with E-state index in [1.807, 2.05) is 6.07 Å². The van der Waals surface area contributed by atoms with Gasteiger partial charge in [-0.3, -0.25) is 0 Å². The van der Waals surface area contributed by atoms with Crippen LogP contribution in [0.4, 0.5) is 0 Å². The van der Waals surface area contributed by atoms with Crippen LogP contribution in [0.15, 0.2) is 42.0 Å². The highest BCUT2D eigenvalue weighted by Gasteiger charge is 2.26. The van der Waals surface area contributed by atoms with Crippen molar-refractivity contribution < 1.29 is 6.17 Å². The topological polar surface area (TPSA) is 17.1 Å². The minimum absolute atomic E-state index is 0.0978. The van der Waals surface area contributed by atoms with Crippen LogP contribution in [0.25, 0.3) is 0 Å². The fraction of sp³-hybridized carbons (Fsp3) is 0.471. The molecule has 0 N–H and O–H groups in total. The summed E-state index contributed by atoms with van der Waals surface area (Å²) in [5.74, 6) is 0.459. The molecule has 102 valence electrons. The second-order valence-corrected chi connectivity index (χ2v) is 10.4. The van der Waals surface area contributed by atoms with Crippen molar-refractivity contribution in [3.63, 3.8) is 0 Å². The molecule has 0 aliphatic heterocycles. The van der Waals surface area contributed by atoms with E-state index >= 15 is 0 Å². The molecule has 0 amide bonds. The monoisotopic (exact) mass is 273 g/mol. The van der Waals surface area contributed by atoms with Crippen LogP contribution in [0.2, 0.25) is 19.1 Å². The Kier molecular flexibility index (Phi) is 4.29. The van der Waals surface area contributed by atoms with Gasteiger partial charge in [0.05, 0.1) is 8.07 Å². The summed E-state index contributed by atoms with van der Waals surface area (Å²) >= 11 is 0. The van der Waals surface area contributed by atoms with Gasteiger partial charge in [0.1, 0.15) is 6.29 Å². The summed E-state index contributed by atoms with van der Waals surface area (Å²) in [4.78, 5) is 10.7. The second kappa shape index (κ2) is 6.33. The van der Waals surface area contributed by atoms with Gasteiger partial charge >= 0.3 is 0 Å². The van der Waals surface area contributed by atoms with Gasteiger partial charge in [0.2, 0.25) is 0 Å². The molecule has 1 aliphatic carbocycles. The number of carbonyl (C=O) groups excluding carboxylic acids is 1. The third-order valence-corrected chi connectivity index (χ3v) is 6.91. The summed E-state index contributed by atoms with van der Waals surface area (Å²) < 4.78 is 8.73. The standard InChI is InChI=1S/C17H24OSi/c1-19(2,17-9-4-3-5-10-17)14-16-8-6-7-15(13-16)11-12-18/h3-5,8-10,12,15H,6-7,11,13-14H2,1-2H3/t15-/m0/s1/i14D/t14-,15-. The van der Waals surface area contributed by atoms with E-state index in [1.165, 1.54) is 10.8 Å². The summed E-state index contributed by atoms with van der Waals surface area (Å²) in [6.07, 6.45) is 7.02. The second-order valence-electron chi connectivity index (χ2n) is 6.06. The maximum atomic E-state index is 10.7. The number of hydrogen-bond acceptors (Lipinski definition) is 1. The Labute approximate surface area is 119 Å². The number of hydrogen-bond donors (Lipinski definition) is 0. The van der Waals surface area contributed by atoms with E-state index in [0.717, 1.165) is 25.5 Å². The van der Waals surface area contributed by atoms with E-state index < -0.39 is 8.07 Å². The molecule has 0 saturated heterocycles. The lowest BCUT2D eigenvalue weighted by Crippen LogP contribution is -2.41. The van der Waals surface area contributed by atoms with Crippen molar-refractivity contribution in [3.8, 4) is 0 Å². The summed E-state index contributed by atoms with van der Waals surface area (Å²) in [5.41, 5.74) is 1.27. The quantitative estimate of drug-likeness (QED) is 0.451. The molecule has 0 aromatic heterocycles. The van der Waals surface area contributed by atoms with Crippen molar-refractivity contribution in [2.75, 3.05) is 0 Å². The number of carbonyl (C=O) groups is 1. The van der Waals surface area contributed by atoms with Crippen LogP contribution >= 0.6 is 0 Å². The highest BCUT2D eigenvalue weighted by molar-refractivity contribution is 6.90. The van der Waals surface area contributed by atoms with Gasteiger partial charge in [-0.25, -0.2) is 0 Å². The lowest BCUT2D eigenvalue weighted by molar-refractivity contribution is -0.108. The Morgan fingerprint density at radius 2 is 2.11 bits per heavy atom. The van der Waals surface area contributed by atoms with Crippen molar-refractivity contribution in [2.45, 2.75) is 44.8 Å². The Morgan fingerprint density at radius 3 is 2.79 bits per heavy atom. The van der Waals surface area contributed by atoms with Gasteiger partial charge in [-0.15, -0.1) is 0 Å². The first kappa shape index (κ1) is 12.9. The summed E-state index contributed by atoms with van der Waals surface area (Å²) in [6.45, 7) is 4.56. The average Bonchev–Trinajstić information content (AvgIpc) is 2.48. The fourth-order valence-corrected chi connectivity index (χ4v) is 5.27. The van der Waals surface area contributed by atoms with Crippen molar-refractivity contribution in [1.29, 1.82) is 0 Å². The van der Waals surface area contributed by atoms with Crippen molar-refractivity contribution in [1.82, 2.24) is 0 Å². The molecule has 0 fully saturated rings. The van der Waals surface area contributed by atoms with E-state index in [2.05, 4.69) is 43.4 Å². The molecule has 2 atom stereocenters. The third-order valence-electron chi connectivity index (χ3n) is 4.00. The normalized spacial score (nSPS) is 22.3. The van der Waals surface area contributed by atoms with E-state index in [1.54, 1.807) is 0 Å². The predicted molar refractivity (Wildman–Crippen MR) is 84.5 cm³/mol. The van der Waals surface area contributed by atoms with Crippen molar-refractivity contribution >= 4 is 19.5 Å². The zero-order valence-corrected chi connectivity index (χ0v) is 12.9. The van der Waals surface area contributed by atoms with Crippen molar-refractivity contribution in [3.05, 3.63) is 42.0 Å². The smallest absolute Gasteiger partial charge is 0.120 e. The highest BCUT2D eigenvalue weighted by atomic mass is 28.3. The van der Waals surface area contributed by atoms with Crippen LogP contribution in [-0.2, 0) is 4.79 Å². The van der Waals surface area contributed by atoms with Gasteiger partial charge in [-0.05, 0) is 31.2 Å². The first-order valence-corrected chi connectivity index (χ1v) is 10.2. The number of allylic oxidation sites excluding steroid dienone is 2. The van der Waals surface area contributed by atoms with Crippen LogP contribution < -0.4 is 5.19 Å². The molecule has 2 rings (SSSR count). The SMILES string of the molecule is [2H][C@@H](C1=CCC[C@@H](CC=O)C1)[Si](C)(C)c1ccccc1. The van der Waals surface area contributed by atoms with Crippen LogP contribution in [-0.4, -0.2) is 14.4 Å². The molecule has 0 heterocycles. The Bertz CT molecular complexity index is 481. The van der Waals surface area contributed by atoms with Crippen LogP contribution in [0, 0.1) is 5.92 Å². The molecule has 0 bridgehead atoms. The van der Waals surface area contributed by atoms with Gasteiger partial charge in [0.15, 0.2) is 0 Å². The molecular weight excluding hydrogens is 248 g/mol. The molecule has 1 aromatic carbocycles. The van der Waals surface area contributed by atoms with Crippen molar-refractivity contribution in [2.24, 2.45) is 5.92 Å². The van der Waals surface area contributed by atoms with Gasteiger partial charge in [0, 0.05) is 7.79 Å². The Balaban J connectivity index is 2.16. The van der Waals surface area contributed by atoms with Gasteiger partial charge in [0.25, 0.3) is 0 Å². The molecule has 1 nitrogen and oxygen atoms in total. The summed E-state index contributed by atoms with van der Waals surface area (Å²) in [7, 11) is -1.81. The largest absolute Gasteiger partial charge is 0.303 e. The Hall–Kier alpha value is -1.15. The number of benzene rings is 1. The molecule has 1 aliphatic rings. The molecule has 0 saturated carbocycles. The minimum atomic E-state index is -1.81. The van der Waals surface area contributed by atoms with E-state index in [4.69, 9.17) is 1.37 Å². The van der Waals surface area contributed by atoms with Crippen LogP contribution in [0.1, 0.15) is 27.1 Å². The number of aldehydes is 1. The lowest BCUT2D eigenvalue weighted by atomic mass is 9.88. The number of rotatable bonds is 5. The predicted octanol–water partition coefficient (Wildman–Crippen LogP) is 3.92. The minimum Gasteiger partial charge on any atom is -0.303 e. The molecule has 0 spiro atoms. The molecule has 0 unspecified atom stereocenters. The maximum absolute atomic E-state index is 10.7. The third kappa shape index (κ3) is 3.90. The fourth-order valence-electron chi connectivity index (χ4n) is 2.89. The lowest BCUT2D eigenvalue weighted by Gasteiger charge is -2.28. The van der Waals surface area contributed by atoms with Crippen LogP contribution in [0.5, 0.6) is 0 Å². The highest BCUT2D eigenvalue weighted by Crippen LogP contribution is 2.31.